The molecule has 22 heavy (non-hydrogen) atoms. The summed E-state index contributed by atoms with van der Waals surface area (Å²) >= 11 is 0.564. The molecule has 0 spiro atoms. The molecule has 0 saturated carbocycles. The Morgan fingerprint density at radius 2 is 1.64 bits per heavy atom. The summed E-state index contributed by atoms with van der Waals surface area (Å²) in [5.41, 5.74) is 4.35. The van der Waals surface area contributed by atoms with Gasteiger partial charge in [-0.1, -0.05) is 0 Å². The van der Waals surface area contributed by atoms with Crippen molar-refractivity contribution in [2.75, 3.05) is 0 Å². The number of rotatable bonds is 9. The summed E-state index contributed by atoms with van der Waals surface area (Å²) in [5.74, 6) is 0. The van der Waals surface area contributed by atoms with Crippen molar-refractivity contribution < 1.29 is 0 Å². The summed E-state index contributed by atoms with van der Waals surface area (Å²) < 4.78 is 3.89. The van der Waals surface area contributed by atoms with Gasteiger partial charge in [0.05, 0.1) is 0 Å². The van der Waals surface area contributed by atoms with E-state index in [9.17, 15) is 0 Å². The van der Waals surface area contributed by atoms with E-state index in [-0.39, 0.29) is 0 Å². The Labute approximate surface area is 148 Å². The fourth-order valence-electron chi connectivity index (χ4n) is 3.19. The summed E-state index contributed by atoms with van der Waals surface area (Å²) in [7, 11) is 0. The molecule has 1 aromatic heterocycles. The maximum absolute atomic E-state index is 5.01. The first-order valence-corrected chi connectivity index (χ1v) is 12.1. The van der Waals surface area contributed by atoms with Gasteiger partial charge in [-0.3, -0.25) is 0 Å². The molecule has 0 N–H and O–H groups in total. The molecule has 0 aliphatic rings. The van der Waals surface area contributed by atoms with Gasteiger partial charge in [0.15, 0.2) is 0 Å². The molecule has 0 radical (unpaired) electrons. The van der Waals surface area contributed by atoms with Crippen molar-refractivity contribution in [2.24, 2.45) is 0 Å². The third-order valence-electron chi connectivity index (χ3n) is 4.44. The van der Waals surface area contributed by atoms with E-state index >= 15 is 0 Å². The first-order valence-electron chi connectivity index (χ1n) is 9.20. The number of benzene rings is 1. The molecule has 2 rings (SSSR count). The van der Waals surface area contributed by atoms with Crippen LogP contribution in [-0.2, 0) is 19.4 Å². The van der Waals surface area contributed by atoms with Crippen molar-refractivity contribution in [1.82, 2.24) is 9.78 Å². The maximum atomic E-state index is 5.01. The van der Waals surface area contributed by atoms with Crippen molar-refractivity contribution in [3.05, 3.63) is 23.4 Å². The van der Waals surface area contributed by atoms with Crippen molar-refractivity contribution in [2.45, 2.75) is 78.7 Å². The molecule has 2 aromatic rings. The van der Waals surface area contributed by atoms with E-state index < -0.39 is 0 Å². The molecule has 3 heteroatoms. The van der Waals surface area contributed by atoms with Crippen LogP contribution in [-0.4, -0.2) is 32.3 Å². The molecule has 0 aliphatic heterocycles. The monoisotopic (exact) mass is 408 g/mol. The molecule has 0 aliphatic carbocycles. The molecule has 0 saturated heterocycles. The molecule has 1 aromatic carbocycles. The molecular weight excluding hydrogens is 375 g/mol. The van der Waals surface area contributed by atoms with E-state index in [0.29, 0.717) is 22.5 Å². The minimum atomic E-state index is 0.564. The van der Waals surface area contributed by atoms with Gasteiger partial charge < -0.3 is 0 Å². The second kappa shape index (κ2) is 8.95. The summed E-state index contributed by atoms with van der Waals surface area (Å²) in [6.45, 7) is 7.89. The van der Waals surface area contributed by atoms with Crippen molar-refractivity contribution in [3.8, 4) is 0 Å². The van der Waals surface area contributed by atoms with Crippen LogP contribution in [0.15, 0.2) is 12.1 Å². The van der Waals surface area contributed by atoms with E-state index in [1.165, 1.54) is 61.5 Å². The van der Waals surface area contributed by atoms with Crippen LogP contribution < -0.4 is 3.58 Å². The van der Waals surface area contributed by atoms with Crippen LogP contribution in [0.25, 0.3) is 10.9 Å². The fraction of sp³-hybridized carbons (Fsp3) is 0.632. The van der Waals surface area contributed by atoms with Crippen LogP contribution in [0.4, 0.5) is 0 Å². The number of aryl methyl sites for hydroxylation is 3. The van der Waals surface area contributed by atoms with Crippen LogP contribution in [0.5, 0.6) is 0 Å². The van der Waals surface area contributed by atoms with Crippen molar-refractivity contribution in [3.63, 3.8) is 0 Å². The van der Waals surface area contributed by atoms with Gasteiger partial charge in [-0.2, -0.15) is 0 Å². The quantitative estimate of drug-likeness (QED) is 0.582. The van der Waals surface area contributed by atoms with E-state index in [2.05, 4.69) is 37.6 Å². The van der Waals surface area contributed by atoms with Gasteiger partial charge in [0.25, 0.3) is 0 Å². The Bertz CT molecular complexity index is 601. The number of fused-ring (bicyclic) bond motifs is 1. The Morgan fingerprint density at radius 1 is 0.955 bits per heavy atom. The predicted molar refractivity (Wildman–Crippen MR) is 101 cm³/mol. The molecule has 0 unspecified atom stereocenters. The van der Waals surface area contributed by atoms with Crippen molar-refractivity contribution >= 4 is 37.0 Å². The molecular formula is C19H32N2Sn. The van der Waals surface area contributed by atoms with E-state index in [0.717, 1.165) is 13.0 Å². The van der Waals surface area contributed by atoms with Crippen LogP contribution in [0, 0.1) is 0 Å². The molecule has 0 amide bonds. The molecule has 0 fully saturated rings. The third-order valence-corrected chi connectivity index (χ3v) is 6.09. The van der Waals surface area contributed by atoms with Gasteiger partial charge in [0, 0.05) is 0 Å². The Hall–Kier alpha value is -0.511. The molecule has 0 atom stereocenters. The van der Waals surface area contributed by atoms with Crippen LogP contribution in [0.1, 0.15) is 70.6 Å². The van der Waals surface area contributed by atoms with Crippen LogP contribution in [0.3, 0.4) is 0 Å². The summed E-state index contributed by atoms with van der Waals surface area (Å²) in [6.07, 6.45) is 9.88. The SMILES string of the molecule is CCCCc1c[c]([SnH3])cc2c1c(CCCC)nn2CCCC. The Morgan fingerprint density at radius 3 is 2.32 bits per heavy atom. The molecule has 1 heterocycles. The summed E-state index contributed by atoms with van der Waals surface area (Å²) in [6, 6.07) is 4.91. The van der Waals surface area contributed by atoms with Crippen LogP contribution >= 0.6 is 0 Å². The van der Waals surface area contributed by atoms with Gasteiger partial charge in [0.2, 0.25) is 0 Å². The number of aromatic nitrogens is 2. The first-order chi connectivity index (χ1) is 10.7. The zero-order valence-corrected chi connectivity index (χ0v) is 20.6. The zero-order chi connectivity index (χ0) is 15.9. The van der Waals surface area contributed by atoms with E-state index in [1.54, 1.807) is 9.14 Å². The van der Waals surface area contributed by atoms with Gasteiger partial charge >= 0.3 is 149 Å². The van der Waals surface area contributed by atoms with Gasteiger partial charge in [-0.05, 0) is 0 Å². The topological polar surface area (TPSA) is 17.8 Å². The summed E-state index contributed by atoms with van der Waals surface area (Å²) in [5, 5.41) is 6.51. The molecule has 2 nitrogen and oxygen atoms in total. The molecule has 0 bridgehead atoms. The minimum absolute atomic E-state index is 0.564. The van der Waals surface area contributed by atoms with E-state index in [1.807, 2.05) is 0 Å². The third kappa shape index (κ3) is 4.27. The fourth-order valence-corrected chi connectivity index (χ4v) is 4.96. The number of unbranched alkanes of at least 4 members (excludes halogenated alkanes) is 3. The second-order valence-electron chi connectivity index (χ2n) is 6.55. The average molecular weight is 407 g/mol. The average Bonchev–Trinajstić information content (AvgIpc) is 2.86. The second-order valence-corrected chi connectivity index (χ2v) is 9.84. The van der Waals surface area contributed by atoms with Crippen LogP contribution in [0.2, 0.25) is 0 Å². The Kier molecular flexibility index (Phi) is 7.26. The number of hydrogen-bond donors (Lipinski definition) is 0. The number of nitrogens with zero attached hydrogens (tertiary/aromatic N) is 2. The van der Waals surface area contributed by atoms with E-state index in [4.69, 9.17) is 5.10 Å². The molecule has 122 valence electrons. The van der Waals surface area contributed by atoms with Crippen molar-refractivity contribution in [1.29, 1.82) is 0 Å². The Balaban J connectivity index is 2.49. The van der Waals surface area contributed by atoms with Gasteiger partial charge in [0.1, 0.15) is 0 Å². The zero-order valence-electron chi connectivity index (χ0n) is 14.9. The normalized spacial score (nSPS) is 11.6. The number of hydrogen-bond acceptors (Lipinski definition) is 1. The van der Waals surface area contributed by atoms with Gasteiger partial charge in [-0.25, -0.2) is 0 Å². The van der Waals surface area contributed by atoms with Gasteiger partial charge in [-0.15, -0.1) is 0 Å². The standard InChI is InChI=1S/C19H29N2.Sn.3H/c1-4-7-11-16-12-10-14-18-19(16)17(13-8-5-2)20-21(18)15-9-6-3;;;;/h12,14H,4-9,11,13,15H2,1-3H3;;;;. The summed E-state index contributed by atoms with van der Waals surface area (Å²) in [4.78, 5) is 0. The predicted octanol–water partition coefficient (Wildman–Crippen LogP) is 3.51. The first kappa shape index (κ1) is 17.8.